The van der Waals surface area contributed by atoms with Crippen LogP contribution in [0.4, 0.5) is 15.9 Å². The van der Waals surface area contributed by atoms with Crippen LogP contribution in [0.2, 0.25) is 5.02 Å². The van der Waals surface area contributed by atoms with Crippen molar-refractivity contribution in [1.82, 2.24) is 15.3 Å². The van der Waals surface area contributed by atoms with Gasteiger partial charge >= 0.3 is 0 Å². The fourth-order valence-electron chi connectivity index (χ4n) is 3.26. The first-order valence-corrected chi connectivity index (χ1v) is 12.7. The molecule has 1 heterocycles. The number of anilines is 2. The molecule has 0 saturated heterocycles. The lowest BCUT2D eigenvalue weighted by molar-refractivity contribution is -0.123. The number of aromatic nitrogens is 2. The van der Waals surface area contributed by atoms with Gasteiger partial charge in [-0.25, -0.2) is 14.4 Å². The van der Waals surface area contributed by atoms with Crippen molar-refractivity contribution in [2.45, 2.75) is 25.0 Å². The van der Waals surface area contributed by atoms with Crippen LogP contribution >= 0.6 is 11.6 Å². The van der Waals surface area contributed by atoms with E-state index in [1.165, 1.54) is 31.6 Å². The van der Waals surface area contributed by atoms with E-state index >= 15 is 0 Å². The van der Waals surface area contributed by atoms with Gasteiger partial charge in [-0.15, -0.1) is 0 Å². The van der Waals surface area contributed by atoms with Gasteiger partial charge in [-0.3, -0.25) is 9.35 Å². The Kier molecular flexibility index (Phi) is 9.39. The smallest absolute Gasteiger partial charge is 0.283 e. The molecule has 2 aromatic carbocycles. The van der Waals surface area contributed by atoms with Crippen LogP contribution in [0.25, 0.3) is 10.9 Å². The number of benzene rings is 2. The molecule has 2 unspecified atom stereocenters. The van der Waals surface area contributed by atoms with Crippen LogP contribution in [0.5, 0.6) is 11.5 Å². The quantitative estimate of drug-likeness (QED) is 0.205. The van der Waals surface area contributed by atoms with Crippen molar-refractivity contribution in [3.05, 3.63) is 47.5 Å². The molecule has 15 heteroatoms. The molecule has 0 fully saturated rings. The van der Waals surface area contributed by atoms with Crippen molar-refractivity contribution in [2.75, 3.05) is 24.9 Å². The first-order chi connectivity index (χ1) is 17.4. The minimum absolute atomic E-state index is 0.0684. The molecule has 0 spiro atoms. The van der Waals surface area contributed by atoms with Gasteiger partial charge in [-0.05, 0) is 24.3 Å². The predicted molar refractivity (Wildman–Crippen MR) is 132 cm³/mol. The molecule has 0 saturated carbocycles. The Bertz CT molecular complexity index is 1380. The number of amides is 1. The monoisotopic (exact) mass is 558 g/mol. The summed E-state index contributed by atoms with van der Waals surface area (Å²) in [5, 5.41) is 25.7. The molecule has 2 atom stereocenters. The lowest BCUT2D eigenvalue weighted by Gasteiger charge is -2.18. The van der Waals surface area contributed by atoms with Crippen molar-refractivity contribution < 1.29 is 41.8 Å². The summed E-state index contributed by atoms with van der Waals surface area (Å²) in [7, 11) is -2.98. The zero-order chi connectivity index (χ0) is 27.2. The first-order valence-electron chi connectivity index (χ1n) is 10.7. The molecule has 0 bridgehead atoms. The number of ether oxygens (including phenoxy) is 2. The van der Waals surface area contributed by atoms with E-state index in [1.54, 1.807) is 12.1 Å². The number of hydrogen-bond acceptors (Lipinski definition) is 10. The number of rotatable bonds is 12. The van der Waals surface area contributed by atoms with Crippen LogP contribution in [0.3, 0.4) is 0 Å². The Morgan fingerprint density at radius 1 is 1.16 bits per heavy atom. The second-order valence-electron chi connectivity index (χ2n) is 7.88. The van der Waals surface area contributed by atoms with Gasteiger partial charge in [0.2, 0.25) is 5.91 Å². The van der Waals surface area contributed by atoms with E-state index in [2.05, 4.69) is 15.3 Å². The molecule has 0 aliphatic heterocycles. The minimum Gasteiger partial charge on any atom is -0.493 e. The SMILES string of the molecule is COc1cc2ncnc(Nc3ccc(F)c(Cl)c3)c2cc1OCC(O)CC(O)CC(=O)NCS(=O)(=O)O. The number of carbonyl (C=O) groups excluding carboxylic acids is 1. The standard InChI is InChI=1S/C22H24ClFN4O8S/c1-35-19-8-18-15(22(26-10-25-18)28-12-2-3-17(24)16(23)4-12)7-20(19)36-9-14(30)5-13(29)6-21(31)27-11-37(32,33)34/h2-4,7-8,10,13-14,29-30H,5-6,9,11H2,1H3,(H,27,31)(H,25,26,28)(H,32,33,34). The third-order valence-electron chi connectivity index (χ3n) is 4.95. The Labute approximate surface area is 216 Å². The molecule has 37 heavy (non-hydrogen) atoms. The number of methoxy groups -OCH3 is 1. The van der Waals surface area contributed by atoms with E-state index in [0.29, 0.717) is 28.2 Å². The van der Waals surface area contributed by atoms with Crippen molar-refractivity contribution in [3.63, 3.8) is 0 Å². The fraction of sp³-hybridized carbons (Fsp3) is 0.318. The zero-order valence-electron chi connectivity index (χ0n) is 19.4. The molecule has 3 aromatic rings. The molecule has 1 amide bonds. The normalized spacial score (nSPS) is 13.1. The van der Waals surface area contributed by atoms with Crippen molar-refractivity contribution in [1.29, 1.82) is 0 Å². The predicted octanol–water partition coefficient (Wildman–Crippen LogP) is 2.02. The van der Waals surface area contributed by atoms with Crippen LogP contribution < -0.4 is 20.1 Å². The molecule has 3 rings (SSSR count). The number of nitrogens with zero attached hydrogens (tertiary/aromatic N) is 2. The van der Waals surface area contributed by atoms with Crippen LogP contribution in [-0.4, -0.2) is 70.9 Å². The Hall–Kier alpha value is -3.30. The van der Waals surface area contributed by atoms with Crippen LogP contribution in [0.15, 0.2) is 36.7 Å². The van der Waals surface area contributed by atoms with Gasteiger partial charge in [0.05, 0.1) is 36.3 Å². The van der Waals surface area contributed by atoms with Gasteiger partial charge in [-0.1, -0.05) is 11.6 Å². The molecule has 0 aliphatic rings. The minimum atomic E-state index is -4.39. The van der Waals surface area contributed by atoms with E-state index in [9.17, 15) is 27.8 Å². The largest absolute Gasteiger partial charge is 0.493 e. The second-order valence-corrected chi connectivity index (χ2v) is 9.74. The summed E-state index contributed by atoms with van der Waals surface area (Å²) in [4.78, 5) is 20.1. The van der Waals surface area contributed by atoms with Gasteiger partial charge in [0.15, 0.2) is 11.5 Å². The number of aliphatic hydroxyl groups excluding tert-OH is 2. The van der Waals surface area contributed by atoms with Crippen LogP contribution in [0, 0.1) is 5.82 Å². The maximum Gasteiger partial charge on any atom is 0.283 e. The van der Waals surface area contributed by atoms with Crippen LogP contribution in [0.1, 0.15) is 12.8 Å². The summed E-state index contributed by atoms with van der Waals surface area (Å²) >= 11 is 5.85. The maximum atomic E-state index is 13.5. The average Bonchev–Trinajstić information content (AvgIpc) is 2.83. The first kappa shape index (κ1) is 28.3. The highest BCUT2D eigenvalue weighted by molar-refractivity contribution is 7.85. The summed E-state index contributed by atoms with van der Waals surface area (Å²) in [6, 6.07) is 7.26. The number of fused-ring (bicyclic) bond motifs is 1. The molecule has 200 valence electrons. The van der Waals surface area contributed by atoms with Crippen molar-refractivity contribution in [3.8, 4) is 11.5 Å². The zero-order valence-corrected chi connectivity index (χ0v) is 21.0. The Balaban J connectivity index is 1.69. The second kappa shape index (κ2) is 12.3. The van der Waals surface area contributed by atoms with Gasteiger partial charge in [0, 0.05) is 23.6 Å². The molecular formula is C22H24ClFN4O8S. The number of carbonyl (C=O) groups is 1. The highest BCUT2D eigenvalue weighted by Crippen LogP contribution is 2.35. The van der Waals surface area contributed by atoms with Gasteiger partial charge in [-0.2, -0.15) is 8.42 Å². The fourth-order valence-corrected chi connectivity index (χ4v) is 3.78. The van der Waals surface area contributed by atoms with E-state index in [0.717, 1.165) is 0 Å². The summed E-state index contributed by atoms with van der Waals surface area (Å²) in [6.07, 6.45) is -1.92. The van der Waals surface area contributed by atoms with Crippen molar-refractivity contribution >= 4 is 50.0 Å². The molecule has 1 aromatic heterocycles. The topological polar surface area (TPSA) is 180 Å². The average molecular weight is 559 g/mol. The van der Waals surface area contributed by atoms with E-state index in [-0.39, 0.29) is 23.8 Å². The molecule has 0 aliphatic carbocycles. The van der Waals surface area contributed by atoms with Gasteiger partial charge in [0.1, 0.15) is 30.4 Å². The highest BCUT2D eigenvalue weighted by Gasteiger charge is 2.19. The summed E-state index contributed by atoms with van der Waals surface area (Å²) < 4.78 is 54.5. The van der Waals surface area contributed by atoms with Crippen molar-refractivity contribution in [2.24, 2.45) is 0 Å². The number of nitrogens with one attached hydrogen (secondary N) is 2. The summed E-state index contributed by atoms with van der Waals surface area (Å²) in [6.45, 7) is -0.282. The molecule has 5 N–H and O–H groups in total. The van der Waals surface area contributed by atoms with Crippen LogP contribution in [-0.2, 0) is 14.9 Å². The Morgan fingerprint density at radius 3 is 2.59 bits per heavy atom. The van der Waals surface area contributed by atoms with Gasteiger partial charge < -0.3 is 30.3 Å². The molecule has 12 nitrogen and oxygen atoms in total. The summed E-state index contributed by atoms with van der Waals surface area (Å²) in [5.41, 5.74) is 0.983. The van der Waals surface area contributed by atoms with E-state index in [1.807, 2.05) is 5.32 Å². The number of aliphatic hydroxyl groups is 2. The summed E-state index contributed by atoms with van der Waals surface area (Å²) in [5.74, 6) is -1.48. The lowest BCUT2D eigenvalue weighted by atomic mass is 10.1. The third-order valence-corrected chi connectivity index (χ3v) is 5.75. The number of hydrogen-bond donors (Lipinski definition) is 5. The third kappa shape index (κ3) is 8.36. The van der Waals surface area contributed by atoms with E-state index in [4.69, 9.17) is 25.6 Å². The van der Waals surface area contributed by atoms with E-state index < -0.39 is 46.3 Å². The highest BCUT2D eigenvalue weighted by atomic mass is 35.5. The Morgan fingerprint density at radius 2 is 1.92 bits per heavy atom. The maximum absolute atomic E-state index is 13.5. The molecule has 0 radical (unpaired) electrons. The van der Waals surface area contributed by atoms with Gasteiger partial charge in [0.25, 0.3) is 10.1 Å². The number of halogens is 2. The molecular weight excluding hydrogens is 535 g/mol. The lowest BCUT2D eigenvalue weighted by Crippen LogP contribution is -2.33.